The fraction of sp³-hybridized carbons (Fsp3) is 0.615. The standard InChI is InChI=1S/C91H137N27O25/c1-48(2)73(88(142)117-38-12-19-64(117)82(136)107-56(15-7-33-98-90(93)94)78(132)105-50(5)75(129)104-45-71(126)114-35-9-17-62(114)81(135)103-44-70(125)106-59(40-51-22-26-53(120)27-23-51)76(130)102-43-69(124)100-42-68(123)101-46-72(127)128)113-85(139)66-21-13-39-118(66)89(143)74(49(3)4)112-84(138)65-20-11-37-116(65)87(141)58(30-31-67(92)122)109-83(137)63-18-10-36-115(63)86(140)57(16-8-34-99-91(95)96)108-79(133)60(41-52-24-28-54(121)29-25-52)110-80(134)61(47-119)111-77(131)55-14-6-32-97-55/h22-29,48-50,55-66,73-74,97,119-121H,6-21,30-47H2,1-5H3,(H2,92,122)(H,100,124)(H,101,123)(H,102,130)(H,103,135)(H,104,129)(H,105,132)(H,106,125)(H,107,136)(H,108,133)(H,109,137)(H,110,134)(H,111,131)(H,112,138)(H,113,139)(H,127,128)(H4,93,94,98)(H4,95,96,99)/t50-,55-,56-,57-,58-,59-,60-,61-,62-,63-,64-,65-,66-,73-,74-/m0/s1. The first-order chi connectivity index (χ1) is 67.9. The highest BCUT2D eigenvalue weighted by atomic mass is 16.4. The van der Waals surface area contributed by atoms with Crippen molar-refractivity contribution in [1.82, 2.24) is 115 Å². The number of primary amides is 1. The number of amides is 20. The van der Waals surface area contributed by atoms with E-state index < -0.39 is 278 Å². The molecule has 143 heavy (non-hydrogen) atoms. The van der Waals surface area contributed by atoms with E-state index >= 15 is 0 Å². The fourth-order valence-electron chi connectivity index (χ4n) is 17.7. The van der Waals surface area contributed by atoms with Crippen LogP contribution in [0.15, 0.2) is 48.5 Å². The number of carbonyl (C=O) groups excluding carboxylic acids is 20. The molecule has 29 N–H and O–H groups in total. The van der Waals surface area contributed by atoms with E-state index in [1.165, 1.54) is 80.0 Å². The van der Waals surface area contributed by atoms with Gasteiger partial charge in [0.15, 0.2) is 11.9 Å². The predicted molar refractivity (Wildman–Crippen MR) is 508 cm³/mol. The average molecular weight is 2010 g/mol. The van der Waals surface area contributed by atoms with Gasteiger partial charge in [0.05, 0.1) is 38.8 Å². The summed E-state index contributed by atoms with van der Waals surface area (Å²) in [6.45, 7) is 4.43. The zero-order valence-electron chi connectivity index (χ0n) is 80.8. The largest absolute Gasteiger partial charge is 0.508 e. The summed E-state index contributed by atoms with van der Waals surface area (Å²) in [5, 5.41) is 97.9. The number of hydrogen-bond donors (Lipinski definition) is 26. The van der Waals surface area contributed by atoms with E-state index in [4.69, 9.17) is 33.1 Å². The molecule has 0 saturated carbocycles. The van der Waals surface area contributed by atoms with E-state index in [1.807, 2.05) is 0 Å². The Bertz CT molecular complexity index is 4930. The van der Waals surface area contributed by atoms with Crippen molar-refractivity contribution in [2.24, 2.45) is 29.0 Å². The molecule has 20 amide bonds. The summed E-state index contributed by atoms with van der Waals surface area (Å²) in [4.78, 5) is 296. The van der Waals surface area contributed by atoms with Crippen LogP contribution in [0, 0.1) is 22.7 Å². The molecule has 0 aromatic heterocycles. The summed E-state index contributed by atoms with van der Waals surface area (Å²) in [5.74, 6) is -19.5. The number of aliphatic hydroxyl groups excluding tert-OH is 1. The molecule has 2 aromatic carbocycles. The van der Waals surface area contributed by atoms with E-state index in [9.17, 15) is 116 Å². The van der Waals surface area contributed by atoms with Crippen molar-refractivity contribution in [3.8, 4) is 11.5 Å². The van der Waals surface area contributed by atoms with E-state index in [-0.39, 0.29) is 153 Å². The predicted octanol–water partition coefficient (Wildman–Crippen LogP) is -9.26. The molecule has 2 aromatic rings. The summed E-state index contributed by atoms with van der Waals surface area (Å²) in [5.41, 5.74) is 17.6. The van der Waals surface area contributed by atoms with Gasteiger partial charge in [0, 0.05) is 65.1 Å². The summed E-state index contributed by atoms with van der Waals surface area (Å²) in [6, 6.07) is -8.10. The molecule has 0 spiro atoms. The first-order valence-corrected chi connectivity index (χ1v) is 48.1. The van der Waals surface area contributed by atoms with Crippen molar-refractivity contribution in [2.75, 3.05) is 91.7 Å². The lowest BCUT2D eigenvalue weighted by Gasteiger charge is -2.35. The van der Waals surface area contributed by atoms with Gasteiger partial charge in [-0.25, -0.2) is 0 Å². The Labute approximate surface area is 824 Å². The van der Waals surface area contributed by atoms with Crippen LogP contribution in [-0.2, 0) is 114 Å². The molecule has 52 nitrogen and oxygen atoms in total. The van der Waals surface area contributed by atoms with Gasteiger partial charge in [0.1, 0.15) is 103 Å². The van der Waals surface area contributed by atoms with Gasteiger partial charge in [-0.1, -0.05) is 52.0 Å². The molecule has 0 aliphatic carbocycles. The monoisotopic (exact) mass is 2010 g/mol. The van der Waals surface area contributed by atoms with Crippen LogP contribution in [0.1, 0.15) is 161 Å². The zero-order chi connectivity index (χ0) is 105. The Hall–Kier alpha value is -14.6. The number of aliphatic hydroxyl groups is 1. The Morgan fingerprint density at radius 1 is 0.378 bits per heavy atom. The maximum Gasteiger partial charge on any atom is 0.322 e. The number of aromatic hydroxyl groups is 2. The number of nitrogens with one attached hydrogen (secondary N) is 19. The number of phenolic OH excluding ortho intramolecular Hbond substituents is 2. The van der Waals surface area contributed by atoms with Crippen LogP contribution in [0.3, 0.4) is 0 Å². The summed E-state index contributed by atoms with van der Waals surface area (Å²) >= 11 is 0. The number of phenols is 2. The number of rotatable bonds is 52. The topological polar surface area (TPSA) is 786 Å². The van der Waals surface area contributed by atoms with Crippen molar-refractivity contribution >= 4 is 136 Å². The smallest absolute Gasteiger partial charge is 0.322 e. The number of guanidine groups is 2. The van der Waals surface area contributed by atoms with Crippen molar-refractivity contribution < 1.29 is 121 Å². The van der Waals surface area contributed by atoms with Crippen LogP contribution in [0.2, 0.25) is 0 Å². The van der Waals surface area contributed by atoms with E-state index in [0.29, 0.717) is 49.8 Å². The normalized spacial score (nSPS) is 19.4. The molecule has 8 rings (SSSR count). The van der Waals surface area contributed by atoms with Gasteiger partial charge in [-0.3, -0.25) is 112 Å². The van der Waals surface area contributed by atoms with Gasteiger partial charge in [-0.2, -0.15) is 0 Å². The molecule has 6 saturated heterocycles. The maximum atomic E-state index is 15.0. The van der Waals surface area contributed by atoms with Gasteiger partial charge >= 0.3 is 5.97 Å². The molecule has 52 heteroatoms. The number of nitrogens with zero attached hydrogens (tertiary/aromatic N) is 5. The summed E-state index contributed by atoms with van der Waals surface area (Å²) < 4.78 is 0. The molecule has 786 valence electrons. The van der Waals surface area contributed by atoms with Gasteiger partial charge in [-0.15, -0.1) is 0 Å². The molecule has 0 bridgehead atoms. The van der Waals surface area contributed by atoms with Crippen LogP contribution >= 0.6 is 0 Å². The minimum absolute atomic E-state index is 0.0294. The van der Waals surface area contributed by atoms with Crippen LogP contribution in [0.25, 0.3) is 0 Å². The Morgan fingerprint density at radius 2 is 0.762 bits per heavy atom. The van der Waals surface area contributed by atoms with Crippen molar-refractivity contribution in [2.45, 2.75) is 254 Å². The van der Waals surface area contributed by atoms with E-state index in [2.05, 4.69) is 90.4 Å². The summed E-state index contributed by atoms with van der Waals surface area (Å²) in [7, 11) is 0. The first-order valence-electron chi connectivity index (χ1n) is 48.1. The molecule has 6 heterocycles. The molecule has 0 unspecified atom stereocenters. The number of carboxylic acid groups (broad SMARTS) is 1. The van der Waals surface area contributed by atoms with Crippen LogP contribution in [0.4, 0.5) is 0 Å². The van der Waals surface area contributed by atoms with Gasteiger partial charge in [0.2, 0.25) is 118 Å². The number of benzene rings is 2. The van der Waals surface area contributed by atoms with E-state index in [0.717, 1.165) is 0 Å². The zero-order valence-corrected chi connectivity index (χ0v) is 80.8. The van der Waals surface area contributed by atoms with Crippen LogP contribution in [-0.4, -0.2) is 363 Å². The van der Waals surface area contributed by atoms with Gasteiger partial charge in [0.25, 0.3) is 0 Å². The van der Waals surface area contributed by atoms with Crippen LogP contribution in [0.5, 0.6) is 11.5 Å². The van der Waals surface area contributed by atoms with Gasteiger partial charge < -0.3 is 153 Å². The highest BCUT2D eigenvalue weighted by Gasteiger charge is 2.48. The SMILES string of the molecule is CC(C)[C@H](NC(=O)[C@@H]1CCCN1C(=O)[C@H](CCC(N)=O)NC(=O)[C@@H]1CCCN1C(=O)[C@H](CCCNC(=N)N)NC(=O)[C@H](Cc1ccc(O)cc1)NC(=O)[C@H](CO)NC(=O)[C@@H]1CCCN1)C(=O)N1CCC[C@H]1C(=O)N[C@H](C(=O)N1CCC[C@H]1C(=O)N[C@@H](CCCNC(=N)N)C(=O)N[C@@H](C)C(=O)NCC(=O)N1CCC[C@H]1C(=O)NCC(=O)N[C@@H](Cc1ccc(O)cc1)C(=O)NCC(=O)NCC(=O)NCC(=O)O)C(C)C. The summed E-state index contributed by atoms with van der Waals surface area (Å²) in [6.07, 6.45) is 1.91. The van der Waals surface area contributed by atoms with Crippen molar-refractivity contribution in [3.05, 3.63) is 59.7 Å². The Morgan fingerprint density at radius 3 is 1.21 bits per heavy atom. The third-order valence-electron chi connectivity index (χ3n) is 25.3. The lowest BCUT2D eigenvalue weighted by atomic mass is 10.00. The van der Waals surface area contributed by atoms with Gasteiger partial charge in [-0.05, 0) is 170 Å². The molecule has 15 atom stereocenters. The molecule has 6 fully saturated rings. The molecule has 6 aliphatic rings. The second-order valence-electron chi connectivity index (χ2n) is 36.8. The second-order valence-corrected chi connectivity index (χ2v) is 36.8. The molecule has 6 aliphatic heterocycles. The fourth-order valence-corrected chi connectivity index (χ4v) is 17.7. The third-order valence-corrected chi connectivity index (χ3v) is 25.3. The van der Waals surface area contributed by atoms with Crippen LogP contribution < -0.4 is 108 Å². The quantitative estimate of drug-likeness (QED) is 0.0166. The number of nitrogens with two attached hydrogens (primary N) is 3. The number of aliphatic carboxylic acids is 1. The third kappa shape index (κ3) is 34.6. The maximum absolute atomic E-state index is 15.0. The number of likely N-dealkylation sites (tertiary alicyclic amines) is 5. The minimum Gasteiger partial charge on any atom is -0.508 e. The lowest BCUT2D eigenvalue weighted by molar-refractivity contribution is -0.147. The Balaban J connectivity index is 0.856. The number of carbonyl (C=O) groups is 21. The minimum atomic E-state index is -1.53. The highest BCUT2D eigenvalue weighted by Crippen LogP contribution is 2.29. The number of carboxylic acids is 1. The number of hydrogen-bond acceptors (Lipinski definition) is 27. The Kier molecular flexibility index (Phi) is 44.1. The average Bonchev–Trinajstić information content (AvgIpc) is 1.69. The van der Waals surface area contributed by atoms with Crippen molar-refractivity contribution in [1.29, 1.82) is 10.8 Å². The first kappa shape index (κ1) is 114. The van der Waals surface area contributed by atoms with E-state index in [1.54, 1.807) is 27.7 Å². The lowest BCUT2D eigenvalue weighted by Crippen LogP contribution is -2.61. The van der Waals surface area contributed by atoms with Crippen molar-refractivity contribution in [3.63, 3.8) is 0 Å². The molecular weight excluding hydrogens is 1870 g/mol. The highest BCUT2D eigenvalue weighted by molar-refractivity contribution is 6.02. The second kappa shape index (κ2) is 55.5. The molecule has 0 radical (unpaired) electrons. The molecular formula is C91H137N27O25.